The van der Waals surface area contributed by atoms with Gasteiger partial charge in [0.1, 0.15) is 5.75 Å². The predicted molar refractivity (Wildman–Crippen MR) is 82.8 cm³/mol. The van der Waals surface area contributed by atoms with Gasteiger partial charge in [-0.25, -0.2) is 0 Å². The first kappa shape index (κ1) is 15.5. The fourth-order valence-corrected chi connectivity index (χ4v) is 3.40. The third kappa shape index (κ3) is 3.17. The van der Waals surface area contributed by atoms with Crippen LogP contribution in [0.5, 0.6) is 5.75 Å². The summed E-state index contributed by atoms with van der Waals surface area (Å²) in [7, 11) is 2.11. The van der Waals surface area contributed by atoms with Crippen LogP contribution in [0.3, 0.4) is 0 Å². The Balaban J connectivity index is 1.93. The highest BCUT2D eigenvalue weighted by molar-refractivity contribution is 5.62. The Hall–Kier alpha value is -1.40. The van der Waals surface area contributed by atoms with Crippen molar-refractivity contribution < 1.29 is 13.5 Å². The van der Waals surface area contributed by atoms with E-state index in [1.54, 1.807) is 6.07 Å². The van der Waals surface area contributed by atoms with Crippen LogP contribution in [-0.4, -0.2) is 50.8 Å². The molecule has 0 unspecified atom stereocenters. The number of hydrogen-bond donors (Lipinski definition) is 1. The van der Waals surface area contributed by atoms with Gasteiger partial charge in [0.05, 0.1) is 0 Å². The van der Waals surface area contributed by atoms with Gasteiger partial charge in [-0.1, -0.05) is 0 Å². The van der Waals surface area contributed by atoms with Crippen LogP contribution in [0.15, 0.2) is 12.1 Å². The summed E-state index contributed by atoms with van der Waals surface area (Å²) >= 11 is 0. The second-order valence-corrected chi connectivity index (χ2v) is 6.21. The minimum atomic E-state index is -2.78. The van der Waals surface area contributed by atoms with E-state index in [0.717, 1.165) is 55.8 Å². The minimum absolute atomic E-state index is 0.0977. The molecule has 1 heterocycles. The van der Waals surface area contributed by atoms with Gasteiger partial charge in [-0.05, 0) is 49.6 Å². The molecule has 122 valence electrons. The van der Waals surface area contributed by atoms with Crippen LogP contribution < -0.4 is 15.4 Å². The summed E-state index contributed by atoms with van der Waals surface area (Å²) in [6.45, 7) is 1.14. The van der Waals surface area contributed by atoms with Gasteiger partial charge in [0.15, 0.2) is 0 Å². The Morgan fingerprint density at radius 2 is 1.91 bits per heavy atom. The summed E-state index contributed by atoms with van der Waals surface area (Å²) < 4.78 is 29.9. The third-order valence-corrected chi connectivity index (χ3v) is 4.65. The van der Waals surface area contributed by atoms with Gasteiger partial charge in [0.25, 0.3) is 0 Å². The highest BCUT2D eigenvalue weighted by Crippen LogP contribution is 2.37. The Kier molecular flexibility index (Phi) is 4.49. The summed E-state index contributed by atoms with van der Waals surface area (Å²) in [5.74, 6) is 0.315. The number of nitrogens with two attached hydrogens (primary N) is 1. The molecule has 0 amide bonds. The minimum Gasteiger partial charge on any atom is -0.435 e. The Labute approximate surface area is 129 Å². The van der Waals surface area contributed by atoms with E-state index in [0.29, 0.717) is 12.2 Å². The van der Waals surface area contributed by atoms with E-state index in [-0.39, 0.29) is 6.04 Å². The van der Waals surface area contributed by atoms with Gasteiger partial charge in [0, 0.05) is 37.9 Å². The zero-order chi connectivity index (χ0) is 15.7. The monoisotopic (exact) mass is 311 g/mol. The van der Waals surface area contributed by atoms with Crippen molar-refractivity contribution in [2.45, 2.75) is 31.9 Å². The van der Waals surface area contributed by atoms with Crippen LogP contribution in [0.1, 0.15) is 17.5 Å². The zero-order valence-corrected chi connectivity index (χ0v) is 12.9. The number of benzene rings is 1. The van der Waals surface area contributed by atoms with E-state index >= 15 is 0 Å². The third-order valence-electron chi connectivity index (χ3n) is 4.65. The van der Waals surface area contributed by atoms with Crippen LogP contribution in [0.2, 0.25) is 0 Å². The van der Waals surface area contributed by atoms with Crippen LogP contribution >= 0.6 is 0 Å². The maximum atomic E-state index is 12.6. The molecule has 4 nitrogen and oxygen atoms in total. The quantitative estimate of drug-likeness (QED) is 0.925. The zero-order valence-electron chi connectivity index (χ0n) is 12.9. The first-order valence-electron chi connectivity index (χ1n) is 7.83. The van der Waals surface area contributed by atoms with E-state index in [4.69, 9.17) is 10.5 Å². The molecule has 0 spiro atoms. The maximum absolute atomic E-state index is 12.6. The Bertz CT molecular complexity index is 530. The van der Waals surface area contributed by atoms with Crippen molar-refractivity contribution in [2.75, 3.05) is 38.1 Å². The van der Waals surface area contributed by atoms with Crippen LogP contribution in [0, 0.1) is 0 Å². The lowest BCUT2D eigenvalue weighted by atomic mass is 9.86. The molecule has 0 aromatic heterocycles. The van der Waals surface area contributed by atoms with E-state index in [1.165, 1.54) is 0 Å². The lowest BCUT2D eigenvalue weighted by molar-refractivity contribution is -0.0505. The van der Waals surface area contributed by atoms with Gasteiger partial charge in [-0.3, -0.25) is 0 Å². The molecule has 1 atom stereocenters. The average Bonchev–Trinajstić information content (AvgIpc) is 2.48. The van der Waals surface area contributed by atoms with Gasteiger partial charge in [-0.15, -0.1) is 0 Å². The number of hydrogen-bond acceptors (Lipinski definition) is 4. The molecular formula is C16H23F2N3O. The van der Waals surface area contributed by atoms with Gasteiger partial charge < -0.3 is 20.3 Å². The number of nitrogens with zero attached hydrogens (tertiary/aromatic N) is 2. The van der Waals surface area contributed by atoms with Crippen molar-refractivity contribution >= 4 is 5.69 Å². The summed E-state index contributed by atoms with van der Waals surface area (Å²) in [6, 6.07) is 3.70. The average molecular weight is 311 g/mol. The van der Waals surface area contributed by atoms with E-state index in [2.05, 4.69) is 16.8 Å². The molecule has 1 fully saturated rings. The number of ether oxygens (including phenoxy) is 1. The van der Waals surface area contributed by atoms with Gasteiger partial charge in [0.2, 0.25) is 0 Å². The standard InChI is InChI=1S/C16H23F2N3O/c1-20-6-8-21(9-7-20)14-4-5-15(22-16(17)18)12-3-2-11(19)10-13(12)14/h4-5,11,16H,2-3,6-10,19H2,1H3/t11-/m1/s1. The fourth-order valence-electron chi connectivity index (χ4n) is 3.40. The number of halogens is 2. The molecule has 0 radical (unpaired) electrons. The largest absolute Gasteiger partial charge is 0.435 e. The topological polar surface area (TPSA) is 41.7 Å². The number of fused-ring (bicyclic) bond motifs is 1. The van der Waals surface area contributed by atoms with Crippen molar-refractivity contribution in [2.24, 2.45) is 5.73 Å². The van der Waals surface area contributed by atoms with E-state index < -0.39 is 6.61 Å². The molecular weight excluding hydrogens is 288 g/mol. The molecule has 1 aliphatic carbocycles. The van der Waals surface area contributed by atoms with Crippen LogP contribution in [0.4, 0.5) is 14.5 Å². The fraction of sp³-hybridized carbons (Fsp3) is 0.625. The molecule has 0 bridgehead atoms. The van der Waals surface area contributed by atoms with Crippen molar-refractivity contribution in [1.29, 1.82) is 0 Å². The first-order chi connectivity index (χ1) is 10.5. The number of piperazine rings is 1. The van der Waals surface area contributed by atoms with Crippen molar-refractivity contribution in [3.8, 4) is 5.75 Å². The van der Waals surface area contributed by atoms with Crippen molar-refractivity contribution in [1.82, 2.24) is 4.90 Å². The number of likely N-dealkylation sites (N-methyl/N-ethyl adjacent to an activating group) is 1. The molecule has 1 saturated heterocycles. The molecule has 0 saturated carbocycles. The Morgan fingerprint density at radius 1 is 1.18 bits per heavy atom. The summed E-state index contributed by atoms with van der Waals surface area (Å²) in [5.41, 5.74) is 9.26. The van der Waals surface area contributed by atoms with Gasteiger partial charge >= 0.3 is 6.61 Å². The van der Waals surface area contributed by atoms with Crippen LogP contribution in [-0.2, 0) is 12.8 Å². The number of rotatable bonds is 3. The SMILES string of the molecule is CN1CCN(c2ccc(OC(F)F)c3c2C[C@H](N)CC3)CC1. The van der Waals surface area contributed by atoms with Gasteiger partial charge in [-0.2, -0.15) is 8.78 Å². The molecule has 1 aliphatic heterocycles. The second-order valence-electron chi connectivity index (χ2n) is 6.21. The lowest BCUT2D eigenvalue weighted by Gasteiger charge is -2.37. The molecule has 2 aliphatic rings. The highest BCUT2D eigenvalue weighted by Gasteiger charge is 2.26. The lowest BCUT2D eigenvalue weighted by Crippen LogP contribution is -2.45. The molecule has 2 N–H and O–H groups in total. The number of anilines is 1. The molecule has 1 aromatic carbocycles. The highest BCUT2D eigenvalue weighted by atomic mass is 19.3. The number of alkyl halides is 2. The smallest absolute Gasteiger partial charge is 0.387 e. The van der Waals surface area contributed by atoms with E-state index in [1.807, 2.05) is 6.07 Å². The van der Waals surface area contributed by atoms with Crippen molar-refractivity contribution in [3.63, 3.8) is 0 Å². The summed E-state index contributed by atoms with van der Waals surface area (Å²) in [6.07, 6.45) is 2.26. The van der Waals surface area contributed by atoms with Crippen molar-refractivity contribution in [3.05, 3.63) is 23.3 Å². The molecule has 6 heteroatoms. The summed E-state index contributed by atoms with van der Waals surface area (Å²) in [4.78, 5) is 4.63. The second kappa shape index (κ2) is 6.38. The predicted octanol–water partition coefficient (Wildman–Crippen LogP) is 1.86. The maximum Gasteiger partial charge on any atom is 0.387 e. The van der Waals surface area contributed by atoms with Crippen LogP contribution in [0.25, 0.3) is 0 Å². The molecule has 22 heavy (non-hydrogen) atoms. The first-order valence-corrected chi connectivity index (χ1v) is 7.83. The normalized spacial score (nSPS) is 22.8. The Morgan fingerprint density at radius 3 is 2.59 bits per heavy atom. The molecule has 1 aromatic rings. The molecule has 3 rings (SSSR count). The summed E-state index contributed by atoms with van der Waals surface area (Å²) in [5, 5.41) is 0. The van der Waals surface area contributed by atoms with E-state index in [9.17, 15) is 8.78 Å².